The van der Waals surface area contributed by atoms with Crippen molar-refractivity contribution in [1.29, 1.82) is 0 Å². The normalized spacial score (nSPS) is 15.8. The van der Waals surface area contributed by atoms with Crippen molar-refractivity contribution in [3.8, 4) is 11.1 Å². The molecule has 3 aromatic heterocycles. The Balaban J connectivity index is 1.22. The van der Waals surface area contributed by atoms with Gasteiger partial charge in [0.15, 0.2) is 5.78 Å². The van der Waals surface area contributed by atoms with Gasteiger partial charge >= 0.3 is 6.09 Å². The molecule has 1 aliphatic heterocycles. The van der Waals surface area contributed by atoms with E-state index in [4.69, 9.17) is 14.7 Å². The highest BCUT2D eigenvalue weighted by molar-refractivity contribution is 6.16. The summed E-state index contributed by atoms with van der Waals surface area (Å²) in [6.07, 6.45) is 7.63. The fraction of sp³-hybridized carbons (Fsp3) is 0.375. The van der Waals surface area contributed by atoms with Gasteiger partial charge in [-0.15, -0.1) is 0 Å². The number of halogens is 1. The summed E-state index contributed by atoms with van der Waals surface area (Å²) < 4.78 is 21.1. The third kappa shape index (κ3) is 5.94. The van der Waals surface area contributed by atoms with Crippen molar-refractivity contribution in [3.63, 3.8) is 0 Å². The summed E-state index contributed by atoms with van der Waals surface area (Å²) in [5.74, 6) is 0.933. The number of aromatic nitrogens is 3. The minimum absolute atomic E-state index is 0.150. The van der Waals surface area contributed by atoms with Crippen LogP contribution in [0.25, 0.3) is 22.2 Å². The molecule has 41 heavy (non-hydrogen) atoms. The summed E-state index contributed by atoms with van der Waals surface area (Å²) >= 11 is 0. The van der Waals surface area contributed by atoms with Crippen LogP contribution in [0.3, 0.4) is 0 Å². The molecule has 1 saturated carbocycles. The molecule has 0 radical (unpaired) electrons. The highest BCUT2D eigenvalue weighted by Gasteiger charge is 2.27. The highest BCUT2D eigenvalue weighted by Crippen LogP contribution is 2.34. The first kappa shape index (κ1) is 26.9. The van der Waals surface area contributed by atoms with Crippen LogP contribution in [-0.4, -0.2) is 63.1 Å². The van der Waals surface area contributed by atoms with E-state index < -0.39 is 5.60 Å². The summed E-state index contributed by atoms with van der Waals surface area (Å²) in [4.78, 5) is 39.2. The first-order valence-electron chi connectivity index (χ1n) is 14.1. The minimum Gasteiger partial charge on any atom is -0.444 e. The first-order chi connectivity index (χ1) is 19.6. The summed E-state index contributed by atoms with van der Waals surface area (Å²) in [5.41, 5.74) is 3.03. The van der Waals surface area contributed by atoms with Gasteiger partial charge in [-0.1, -0.05) is 0 Å². The molecular formula is C32H34FN5O3. The van der Waals surface area contributed by atoms with Crippen molar-refractivity contribution in [2.24, 2.45) is 5.92 Å². The molecule has 1 aliphatic carbocycles. The molecule has 1 amide bonds. The van der Waals surface area contributed by atoms with Crippen molar-refractivity contribution < 1.29 is 18.7 Å². The summed E-state index contributed by atoms with van der Waals surface area (Å²) in [6, 6.07) is 11.7. The number of ether oxygens (including phenoxy) is 1. The lowest BCUT2D eigenvalue weighted by Crippen LogP contribution is -2.50. The third-order valence-electron chi connectivity index (χ3n) is 7.55. The van der Waals surface area contributed by atoms with Gasteiger partial charge in [0.05, 0.1) is 0 Å². The van der Waals surface area contributed by atoms with Crippen molar-refractivity contribution in [1.82, 2.24) is 19.4 Å². The van der Waals surface area contributed by atoms with Crippen LogP contribution >= 0.6 is 0 Å². The number of carbonyl (C=O) groups excluding carboxylic acids is 2. The Morgan fingerprint density at radius 1 is 0.951 bits per heavy atom. The van der Waals surface area contributed by atoms with Gasteiger partial charge in [0.1, 0.15) is 22.9 Å². The number of pyridine rings is 2. The molecule has 2 fully saturated rings. The van der Waals surface area contributed by atoms with Crippen LogP contribution in [-0.2, 0) is 11.3 Å². The Bertz CT molecular complexity index is 1580. The predicted octanol–water partition coefficient (Wildman–Crippen LogP) is 5.94. The summed E-state index contributed by atoms with van der Waals surface area (Å²) in [5, 5.41) is 0.778. The number of ketones is 1. The van der Waals surface area contributed by atoms with Crippen molar-refractivity contribution in [2.45, 2.75) is 45.8 Å². The molecule has 1 aromatic carbocycles. The maximum Gasteiger partial charge on any atom is 0.410 e. The third-order valence-corrected chi connectivity index (χ3v) is 7.55. The van der Waals surface area contributed by atoms with E-state index in [0.29, 0.717) is 43.2 Å². The molecule has 0 bridgehead atoms. The van der Waals surface area contributed by atoms with E-state index in [9.17, 15) is 14.0 Å². The molecule has 2 aliphatic rings. The van der Waals surface area contributed by atoms with Crippen molar-refractivity contribution in [2.75, 3.05) is 31.1 Å². The Hall–Kier alpha value is -4.27. The molecule has 4 heterocycles. The molecule has 4 aromatic rings. The van der Waals surface area contributed by atoms with Gasteiger partial charge in [-0.25, -0.2) is 19.2 Å². The van der Waals surface area contributed by atoms with Crippen LogP contribution in [0.4, 0.5) is 15.0 Å². The largest absolute Gasteiger partial charge is 0.444 e. The second-order valence-corrected chi connectivity index (χ2v) is 11.9. The molecule has 1 saturated heterocycles. The monoisotopic (exact) mass is 555 g/mol. The minimum atomic E-state index is -0.516. The number of hydrogen-bond donors (Lipinski definition) is 0. The van der Waals surface area contributed by atoms with Gasteiger partial charge in [0.2, 0.25) is 0 Å². The number of rotatable bonds is 6. The molecule has 9 heteroatoms. The zero-order chi connectivity index (χ0) is 28.7. The van der Waals surface area contributed by atoms with E-state index in [1.165, 1.54) is 37.1 Å². The van der Waals surface area contributed by atoms with Crippen LogP contribution in [0, 0.1) is 11.7 Å². The van der Waals surface area contributed by atoms with E-state index in [0.717, 1.165) is 34.5 Å². The smallest absolute Gasteiger partial charge is 0.410 e. The Kier molecular flexibility index (Phi) is 6.97. The molecule has 0 atom stereocenters. The molecular weight excluding hydrogens is 521 g/mol. The van der Waals surface area contributed by atoms with Crippen LogP contribution < -0.4 is 4.90 Å². The number of amides is 1. The molecule has 6 rings (SSSR count). The van der Waals surface area contributed by atoms with Gasteiger partial charge < -0.3 is 19.1 Å². The maximum atomic E-state index is 13.5. The molecule has 8 nitrogen and oxygen atoms in total. The summed E-state index contributed by atoms with van der Waals surface area (Å²) in [7, 11) is 0. The number of nitrogens with zero attached hydrogens (tertiary/aromatic N) is 5. The lowest BCUT2D eigenvalue weighted by molar-refractivity contribution is 0.0240. The number of fused-ring (bicyclic) bond motifs is 1. The fourth-order valence-corrected chi connectivity index (χ4v) is 5.17. The van der Waals surface area contributed by atoms with Crippen LogP contribution in [0.15, 0.2) is 61.1 Å². The zero-order valence-corrected chi connectivity index (χ0v) is 23.6. The lowest BCUT2D eigenvalue weighted by atomic mass is 10.0. The number of carbonyl (C=O) groups is 2. The topological polar surface area (TPSA) is 80.6 Å². The van der Waals surface area contributed by atoms with Gasteiger partial charge in [0, 0.05) is 79.0 Å². The number of hydrogen-bond acceptors (Lipinski definition) is 6. The van der Waals surface area contributed by atoms with E-state index in [-0.39, 0.29) is 17.7 Å². The molecule has 0 spiro atoms. The fourth-order valence-electron chi connectivity index (χ4n) is 5.17. The SMILES string of the molecule is CC(C)(C)OC(=O)N1CCN(c2ccc(-c3cnc4c(c3)c(C(=O)c3ccc(F)cc3)cn4CC3CC3)cn2)CC1. The number of piperazine rings is 1. The van der Waals surface area contributed by atoms with Crippen LogP contribution in [0.1, 0.15) is 49.5 Å². The van der Waals surface area contributed by atoms with E-state index in [2.05, 4.69) is 9.47 Å². The number of benzene rings is 1. The second-order valence-electron chi connectivity index (χ2n) is 11.9. The first-order valence-corrected chi connectivity index (χ1v) is 14.1. The van der Waals surface area contributed by atoms with Crippen LogP contribution in [0.5, 0.6) is 0 Å². The average Bonchev–Trinajstić information content (AvgIpc) is 3.71. The van der Waals surface area contributed by atoms with Gasteiger partial charge in [-0.05, 0) is 82.0 Å². The van der Waals surface area contributed by atoms with E-state index >= 15 is 0 Å². The Morgan fingerprint density at radius 3 is 2.29 bits per heavy atom. The van der Waals surface area contributed by atoms with Crippen molar-refractivity contribution in [3.05, 3.63) is 78.0 Å². The highest BCUT2D eigenvalue weighted by atomic mass is 19.1. The Morgan fingerprint density at radius 2 is 1.66 bits per heavy atom. The standard InChI is InChI=1S/C32H34FN5O3/c1-32(2,3)41-31(40)37-14-12-36(13-15-37)28-11-8-23(17-34-28)24-16-26-27(29(39)22-6-9-25(33)10-7-22)20-38(19-21-4-5-21)30(26)35-18-24/h6-11,16-18,20-21H,4-5,12-15,19H2,1-3H3. The molecule has 0 unspecified atom stereocenters. The Labute approximate surface area is 238 Å². The predicted molar refractivity (Wildman–Crippen MR) is 156 cm³/mol. The molecule has 0 N–H and O–H groups in total. The number of anilines is 1. The summed E-state index contributed by atoms with van der Waals surface area (Å²) in [6.45, 7) is 8.92. The average molecular weight is 556 g/mol. The maximum absolute atomic E-state index is 13.5. The quantitative estimate of drug-likeness (QED) is 0.274. The molecule has 212 valence electrons. The zero-order valence-electron chi connectivity index (χ0n) is 23.6. The van der Waals surface area contributed by atoms with Gasteiger partial charge in [-0.3, -0.25) is 4.79 Å². The lowest BCUT2D eigenvalue weighted by Gasteiger charge is -2.36. The van der Waals surface area contributed by atoms with Gasteiger partial charge in [0.25, 0.3) is 0 Å². The second kappa shape index (κ2) is 10.6. The van der Waals surface area contributed by atoms with Crippen molar-refractivity contribution >= 4 is 28.7 Å². The van der Waals surface area contributed by atoms with E-state index in [1.807, 2.05) is 57.6 Å². The van der Waals surface area contributed by atoms with E-state index in [1.54, 1.807) is 4.90 Å². The van der Waals surface area contributed by atoms with Gasteiger partial charge in [-0.2, -0.15) is 0 Å². The van der Waals surface area contributed by atoms with Crippen LogP contribution in [0.2, 0.25) is 0 Å².